The summed E-state index contributed by atoms with van der Waals surface area (Å²) in [6, 6.07) is 8.16. The van der Waals surface area contributed by atoms with Gasteiger partial charge in [0.1, 0.15) is 11.5 Å². The maximum absolute atomic E-state index is 5.62. The van der Waals surface area contributed by atoms with Crippen LogP contribution >= 0.6 is 0 Å². The van der Waals surface area contributed by atoms with E-state index >= 15 is 0 Å². The van der Waals surface area contributed by atoms with Gasteiger partial charge in [-0.3, -0.25) is 0 Å². The van der Waals surface area contributed by atoms with E-state index < -0.39 is 0 Å². The molecule has 0 N–H and O–H groups in total. The van der Waals surface area contributed by atoms with Crippen molar-refractivity contribution < 1.29 is 9.15 Å². The molecule has 2 nitrogen and oxygen atoms in total. The second-order valence-electron chi connectivity index (χ2n) is 4.52. The largest absolute Gasteiger partial charge is 0.496 e. The van der Waals surface area contributed by atoms with Gasteiger partial charge in [-0.2, -0.15) is 0 Å². The van der Waals surface area contributed by atoms with Crippen LogP contribution in [0.5, 0.6) is 0 Å². The molecule has 0 unspecified atom stereocenters. The Hall–Kier alpha value is -1.96. The first-order valence-electron chi connectivity index (χ1n) is 6.30. The van der Waals surface area contributed by atoms with Crippen molar-refractivity contribution in [3.63, 3.8) is 0 Å². The molecule has 0 atom stereocenters. The van der Waals surface area contributed by atoms with Gasteiger partial charge in [0.25, 0.3) is 0 Å². The lowest BCUT2D eigenvalue weighted by molar-refractivity contribution is 0.302. The van der Waals surface area contributed by atoms with Crippen LogP contribution in [0.3, 0.4) is 0 Å². The summed E-state index contributed by atoms with van der Waals surface area (Å²) in [7, 11) is 1.72. The predicted molar refractivity (Wildman–Crippen MR) is 73.1 cm³/mol. The minimum absolute atomic E-state index is 0.871. The summed E-state index contributed by atoms with van der Waals surface area (Å²) in [4.78, 5) is 0. The van der Waals surface area contributed by atoms with Crippen LogP contribution in [0.1, 0.15) is 25.0 Å². The third-order valence-corrected chi connectivity index (χ3v) is 3.38. The van der Waals surface area contributed by atoms with E-state index in [0.29, 0.717) is 0 Å². The summed E-state index contributed by atoms with van der Waals surface area (Å²) in [6.07, 6.45) is 9.50. The number of ether oxygens (including phenoxy) is 1. The summed E-state index contributed by atoms with van der Waals surface area (Å²) in [5.41, 5.74) is 1.29. The highest BCUT2D eigenvalue weighted by molar-refractivity contribution is 5.89. The van der Waals surface area contributed by atoms with Crippen molar-refractivity contribution in [3.05, 3.63) is 53.7 Å². The van der Waals surface area contributed by atoms with Gasteiger partial charge < -0.3 is 9.15 Å². The Morgan fingerprint density at radius 1 is 1.33 bits per heavy atom. The topological polar surface area (TPSA) is 22.4 Å². The van der Waals surface area contributed by atoms with Gasteiger partial charge >= 0.3 is 0 Å². The van der Waals surface area contributed by atoms with E-state index in [1.54, 1.807) is 13.4 Å². The first-order valence-corrected chi connectivity index (χ1v) is 6.30. The van der Waals surface area contributed by atoms with Crippen LogP contribution in [0, 0.1) is 0 Å². The van der Waals surface area contributed by atoms with E-state index in [4.69, 9.17) is 9.15 Å². The SMILES string of the molecule is CO/C(=C\c1occ2ccccc12)C1=CCCC1. The monoisotopic (exact) mass is 240 g/mol. The molecule has 0 saturated carbocycles. The average Bonchev–Trinajstić information content (AvgIpc) is 3.06. The van der Waals surface area contributed by atoms with E-state index in [1.165, 1.54) is 12.0 Å². The molecule has 0 radical (unpaired) electrons. The first kappa shape index (κ1) is 11.1. The summed E-state index contributed by atoms with van der Waals surface area (Å²) >= 11 is 0. The number of hydrogen-bond acceptors (Lipinski definition) is 2. The van der Waals surface area contributed by atoms with Crippen LogP contribution in [0.25, 0.3) is 16.8 Å². The van der Waals surface area contributed by atoms with Crippen molar-refractivity contribution in [2.75, 3.05) is 7.11 Å². The third-order valence-electron chi connectivity index (χ3n) is 3.38. The van der Waals surface area contributed by atoms with Crippen molar-refractivity contribution in [2.45, 2.75) is 19.3 Å². The molecule has 1 aromatic carbocycles. The van der Waals surface area contributed by atoms with E-state index in [-0.39, 0.29) is 0 Å². The van der Waals surface area contributed by atoms with E-state index in [9.17, 15) is 0 Å². The summed E-state index contributed by atoms with van der Waals surface area (Å²) in [6.45, 7) is 0. The van der Waals surface area contributed by atoms with Gasteiger partial charge in [-0.15, -0.1) is 0 Å². The Kier molecular flexibility index (Phi) is 2.93. The molecule has 1 aliphatic carbocycles. The fraction of sp³-hybridized carbons (Fsp3) is 0.250. The van der Waals surface area contributed by atoms with Crippen molar-refractivity contribution >= 4 is 16.8 Å². The van der Waals surface area contributed by atoms with E-state index in [0.717, 1.165) is 35.1 Å². The minimum atomic E-state index is 0.871. The molecular weight excluding hydrogens is 224 g/mol. The van der Waals surface area contributed by atoms with Gasteiger partial charge in [0, 0.05) is 16.8 Å². The number of hydrogen-bond donors (Lipinski definition) is 0. The zero-order valence-electron chi connectivity index (χ0n) is 10.5. The van der Waals surface area contributed by atoms with Crippen LogP contribution in [-0.4, -0.2) is 7.11 Å². The van der Waals surface area contributed by atoms with Gasteiger partial charge in [-0.05, 0) is 24.8 Å². The number of allylic oxidation sites excluding steroid dienone is 2. The average molecular weight is 240 g/mol. The predicted octanol–water partition coefficient (Wildman–Crippen LogP) is 4.53. The fourth-order valence-electron chi connectivity index (χ4n) is 2.42. The van der Waals surface area contributed by atoms with Crippen molar-refractivity contribution in [3.8, 4) is 0 Å². The van der Waals surface area contributed by atoms with Crippen LogP contribution < -0.4 is 0 Å². The second-order valence-corrected chi connectivity index (χ2v) is 4.52. The molecule has 18 heavy (non-hydrogen) atoms. The van der Waals surface area contributed by atoms with Crippen molar-refractivity contribution in [1.29, 1.82) is 0 Å². The highest BCUT2D eigenvalue weighted by Gasteiger charge is 2.12. The normalized spacial score (nSPS) is 16.1. The summed E-state index contributed by atoms with van der Waals surface area (Å²) in [5.74, 6) is 1.79. The Bertz CT molecular complexity index is 617. The van der Waals surface area contributed by atoms with Crippen molar-refractivity contribution in [1.82, 2.24) is 0 Å². The van der Waals surface area contributed by atoms with Gasteiger partial charge in [-0.1, -0.05) is 30.3 Å². The lowest BCUT2D eigenvalue weighted by Gasteiger charge is -2.06. The molecule has 0 saturated heterocycles. The number of furan rings is 1. The Balaban J connectivity index is 2.03. The number of benzene rings is 1. The van der Waals surface area contributed by atoms with Crippen LogP contribution in [-0.2, 0) is 4.74 Å². The van der Waals surface area contributed by atoms with Crippen molar-refractivity contribution in [2.24, 2.45) is 0 Å². The molecule has 1 aromatic heterocycles. The maximum Gasteiger partial charge on any atom is 0.138 e. The number of fused-ring (bicyclic) bond motifs is 1. The lowest BCUT2D eigenvalue weighted by Crippen LogP contribution is -1.89. The summed E-state index contributed by atoms with van der Waals surface area (Å²) in [5, 5.41) is 2.25. The van der Waals surface area contributed by atoms with Crippen LogP contribution in [0.2, 0.25) is 0 Å². The molecule has 0 amide bonds. The Morgan fingerprint density at radius 2 is 2.22 bits per heavy atom. The third kappa shape index (κ3) is 1.94. The standard InChI is InChI=1S/C16H16O2/c1-17-15(12-6-2-3-7-12)10-16-14-9-5-4-8-13(14)11-18-16/h4-6,8-11H,2-3,7H2,1H3/b15-10-. The van der Waals surface area contributed by atoms with Gasteiger partial charge in [0.15, 0.2) is 0 Å². The summed E-state index contributed by atoms with van der Waals surface area (Å²) < 4.78 is 11.1. The lowest BCUT2D eigenvalue weighted by atomic mass is 10.1. The van der Waals surface area contributed by atoms with Gasteiger partial charge in [-0.25, -0.2) is 0 Å². The first-order chi connectivity index (χ1) is 8.88. The number of rotatable bonds is 3. The zero-order chi connectivity index (χ0) is 12.4. The number of methoxy groups -OCH3 is 1. The van der Waals surface area contributed by atoms with E-state index in [1.807, 2.05) is 18.2 Å². The molecule has 0 aliphatic heterocycles. The highest BCUT2D eigenvalue weighted by atomic mass is 16.5. The molecule has 1 heterocycles. The Morgan fingerprint density at radius 3 is 3.00 bits per heavy atom. The molecule has 2 aromatic rings. The Labute approximate surface area is 107 Å². The highest BCUT2D eigenvalue weighted by Crippen LogP contribution is 2.29. The molecule has 1 aliphatic rings. The van der Waals surface area contributed by atoms with Crippen LogP contribution in [0.15, 0.2) is 52.4 Å². The molecule has 0 bridgehead atoms. The quantitative estimate of drug-likeness (QED) is 0.735. The molecule has 0 fully saturated rings. The van der Waals surface area contributed by atoms with Gasteiger partial charge in [0.2, 0.25) is 0 Å². The fourth-order valence-corrected chi connectivity index (χ4v) is 2.42. The zero-order valence-corrected chi connectivity index (χ0v) is 10.5. The second kappa shape index (κ2) is 4.73. The molecule has 0 spiro atoms. The van der Waals surface area contributed by atoms with Crippen LogP contribution in [0.4, 0.5) is 0 Å². The molecular formula is C16H16O2. The molecule has 2 heteroatoms. The molecule has 3 rings (SSSR count). The smallest absolute Gasteiger partial charge is 0.138 e. The maximum atomic E-state index is 5.62. The minimum Gasteiger partial charge on any atom is -0.496 e. The van der Waals surface area contributed by atoms with E-state index in [2.05, 4.69) is 18.2 Å². The van der Waals surface area contributed by atoms with Gasteiger partial charge in [0.05, 0.1) is 13.4 Å². The molecule has 92 valence electrons.